The van der Waals surface area contributed by atoms with Gasteiger partial charge >= 0.3 is 0 Å². The van der Waals surface area contributed by atoms with Crippen LogP contribution in [0.4, 0.5) is 0 Å². The number of rotatable bonds is 5. The Bertz CT molecular complexity index is 252. The topological polar surface area (TPSA) is 64.3 Å². The zero-order valence-corrected chi connectivity index (χ0v) is 9.58. The summed E-state index contributed by atoms with van der Waals surface area (Å²) in [7, 11) is 0. The van der Waals surface area contributed by atoms with Crippen molar-refractivity contribution >= 4 is 5.91 Å². The molecule has 1 amide bonds. The predicted molar refractivity (Wildman–Crippen MR) is 62.6 cm³/mol. The fourth-order valence-corrected chi connectivity index (χ4v) is 1.83. The van der Waals surface area contributed by atoms with Crippen molar-refractivity contribution in [3.05, 3.63) is 0 Å². The monoisotopic (exact) mass is 224 g/mol. The van der Waals surface area contributed by atoms with Crippen molar-refractivity contribution in [3.8, 4) is 12.3 Å². The van der Waals surface area contributed by atoms with Crippen LogP contribution in [0.3, 0.4) is 0 Å². The Labute approximate surface area is 96.9 Å². The van der Waals surface area contributed by atoms with E-state index in [0.717, 1.165) is 25.7 Å². The number of amides is 1. The first kappa shape index (κ1) is 13.0. The number of terminal acetylenes is 1. The van der Waals surface area contributed by atoms with E-state index in [9.17, 15) is 4.79 Å². The maximum absolute atomic E-state index is 11.0. The molecule has 16 heavy (non-hydrogen) atoms. The number of carbonyl (C=O) groups is 1. The van der Waals surface area contributed by atoms with Crippen molar-refractivity contribution in [2.45, 2.75) is 44.2 Å². The molecule has 1 aliphatic carbocycles. The van der Waals surface area contributed by atoms with E-state index in [1.807, 2.05) is 0 Å². The van der Waals surface area contributed by atoms with Crippen molar-refractivity contribution in [1.29, 1.82) is 0 Å². The van der Waals surface area contributed by atoms with E-state index >= 15 is 0 Å². The van der Waals surface area contributed by atoms with Crippen molar-refractivity contribution < 1.29 is 9.53 Å². The third-order valence-corrected chi connectivity index (χ3v) is 2.76. The molecular weight excluding hydrogens is 204 g/mol. The van der Waals surface area contributed by atoms with Crippen molar-refractivity contribution in [2.75, 3.05) is 13.2 Å². The molecule has 90 valence electrons. The van der Waals surface area contributed by atoms with Gasteiger partial charge in [-0.1, -0.05) is 5.92 Å². The van der Waals surface area contributed by atoms with Gasteiger partial charge in [-0.05, 0) is 25.7 Å². The number of hydrogen-bond acceptors (Lipinski definition) is 3. The first-order valence-corrected chi connectivity index (χ1v) is 5.79. The van der Waals surface area contributed by atoms with Gasteiger partial charge in [0.1, 0.15) is 0 Å². The normalized spacial score (nSPS) is 24.8. The van der Waals surface area contributed by atoms with E-state index in [0.29, 0.717) is 25.3 Å². The van der Waals surface area contributed by atoms with E-state index < -0.39 is 0 Å². The molecule has 3 N–H and O–H groups in total. The van der Waals surface area contributed by atoms with Crippen LogP contribution >= 0.6 is 0 Å². The van der Waals surface area contributed by atoms with Crippen LogP contribution in [0.1, 0.15) is 32.1 Å². The summed E-state index contributed by atoms with van der Waals surface area (Å²) in [6.45, 7) is 1.08. The van der Waals surface area contributed by atoms with E-state index in [-0.39, 0.29) is 12.3 Å². The minimum absolute atomic E-state index is 0.114. The molecule has 4 nitrogen and oxygen atoms in total. The molecule has 1 aliphatic rings. The lowest BCUT2D eigenvalue weighted by Crippen LogP contribution is -2.32. The lowest BCUT2D eigenvalue weighted by atomic mass is 9.94. The zero-order valence-electron chi connectivity index (χ0n) is 9.58. The van der Waals surface area contributed by atoms with Crippen LogP contribution in [0, 0.1) is 12.3 Å². The molecule has 1 fully saturated rings. The largest absolute Gasteiger partial charge is 0.376 e. The summed E-state index contributed by atoms with van der Waals surface area (Å²) in [5, 5.41) is 2.70. The Morgan fingerprint density at radius 3 is 2.75 bits per heavy atom. The molecule has 0 aromatic rings. The highest BCUT2D eigenvalue weighted by Crippen LogP contribution is 2.19. The first-order chi connectivity index (χ1) is 7.72. The first-order valence-electron chi connectivity index (χ1n) is 5.79. The number of ether oxygens (including phenoxy) is 1. The SMILES string of the molecule is C#CCC(=O)NCCOC1CCC(N)CC1. The molecule has 0 bridgehead atoms. The van der Waals surface area contributed by atoms with Crippen molar-refractivity contribution in [1.82, 2.24) is 5.32 Å². The lowest BCUT2D eigenvalue weighted by molar-refractivity contribution is -0.120. The van der Waals surface area contributed by atoms with Gasteiger partial charge in [0.15, 0.2) is 0 Å². The third kappa shape index (κ3) is 5.15. The number of nitrogens with one attached hydrogen (secondary N) is 1. The predicted octanol–water partition coefficient (Wildman–Crippen LogP) is 0.412. The number of carbonyl (C=O) groups excluding carboxylic acids is 1. The van der Waals surface area contributed by atoms with E-state index in [2.05, 4.69) is 11.2 Å². The maximum Gasteiger partial charge on any atom is 0.232 e. The second-order valence-corrected chi connectivity index (χ2v) is 4.14. The van der Waals surface area contributed by atoms with Crippen molar-refractivity contribution in [3.63, 3.8) is 0 Å². The smallest absolute Gasteiger partial charge is 0.232 e. The molecule has 0 spiro atoms. The summed E-state index contributed by atoms with van der Waals surface area (Å²) in [5.74, 6) is 2.18. The van der Waals surface area contributed by atoms with Gasteiger partial charge in [-0.25, -0.2) is 0 Å². The highest BCUT2D eigenvalue weighted by atomic mass is 16.5. The summed E-state index contributed by atoms with van der Waals surface area (Å²) < 4.78 is 5.64. The highest BCUT2D eigenvalue weighted by molar-refractivity contribution is 5.78. The van der Waals surface area contributed by atoms with Crippen LogP contribution in [0.2, 0.25) is 0 Å². The second kappa shape index (κ2) is 7.26. The van der Waals surface area contributed by atoms with E-state index in [1.165, 1.54) is 0 Å². The van der Waals surface area contributed by atoms with Crippen LogP contribution in [-0.4, -0.2) is 31.2 Å². The molecule has 0 atom stereocenters. The standard InChI is InChI=1S/C12H20N2O2/c1-2-3-12(15)14-8-9-16-11-6-4-10(13)5-7-11/h1,10-11H,3-9,13H2,(H,14,15). The molecule has 0 aromatic heterocycles. The van der Waals surface area contributed by atoms with Gasteiger partial charge in [-0.3, -0.25) is 4.79 Å². The Balaban J connectivity index is 1.99. The Kier molecular flexibility index (Phi) is 5.91. The van der Waals surface area contributed by atoms with Crippen LogP contribution in [0.15, 0.2) is 0 Å². The number of nitrogens with two attached hydrogens (primary N) is 1. The minimum atomic E-state index is -0.114. The van der Waals surface area contributed by atoms with Gasteiger partial charge in [-0.15, -0.1) is 6.42 Å². The van der Waals surface area contributed by atoms with Crippen molar-refractivity contribution in [2.24, 2.45) is 5.73 Å². The van der Waals surface area contributed by atoms with Gasteiger partial charge in [-0.2, -0.15) is 0 Å². The van der Waals surface area contributed by atoms with E-state index in [1.54, 1.807) is 0 Å². The quantitative estimate of drug-likeness (QED) is 0.525. The average molecular weight is 224 g/mol. The number of hydrogen-bond donors (Lipinski definition) is 2. The van der Waals surface area contributed by atoms with E-state index in [4.69, 9.17) is 16.9 Å². The summed E-state index contributed by atoms with van der Waals surface area (Å²) in [6, 6.07) is 0.343. The van der Waals surface area contributed by atoms with Gasteiger partial charge in [0.2, 0.25) is 5.91 Å². The molecule has 0 aromatic carbocycles. The average Bonchev–Trinajstić information content (AvgIpc) is 2.27. The maximum atomic E-state index is 11.0. The Hall–Kier alpha value is -1.05. The second-order valence-electron chi connectivity index (χ2n) is 4.14. The zero-order chi connectivity index (χ0) is 11.8. The Morgan fingerprint density at radius 1 is 1.44 bits per heavy atom. The van der Waals surface area contributed by atoms with Crippen LogP contribution in [0.5, 0.6) is 0 Å². The summed E-state index contributed by atoms with van der Waals surface area (Å²) in [5.41, 5.74) is 5.79. The molecule has 0 radical (unpaired) electrons. The Morgan fingerprint density at radius 2 is 2.12 bits per heavy atom. The third-order valence-electron chi connectivity index (χ3n) is 2.76. The molecule has 4 heteroatoms. The summed E-state index contributed by atoms with van der Waals surface area (Å²) in [4.78, 5) is 11.0. The molecular formula is C12H20N2O2. The molecule has 0 heterocycles. The molecule has 0 aliphatic heterocycles. The minimum Gasteiger partial charge on any atom is -0.376 e. The summed E-state index contributed by atoms with van der Waals surface area (Å²) in [6.07, 6.45) is 9.58. The van der Waals surface area contributed by atoms with Gasteiger partial charge in [0.05, 0.1) is 19.1 Å². The molecule has 1 rings (SSSR count). The van der Waals surface area contributed by atoms with Gasteiger partial charge in [0, 0.05) is 12.6 Å². The molecule has 0 saturated heterocycles. The summed E-state index contributed by atoms with van der Waals surface area (Å²) >= 11 is 0. The molecule has 0 unspecified atom stereocenters. The van der Waals surface area contributed by atoms with Gasteiger partial charge < -0.3 is 15.8 Å². The highest BCUT2D eigenvalue weighted by Gasteiger charge is 2.18. The fraction of sp³-hybridized carbons (Fsp3) is 0.750. The molecule has 1 saturated carbocycles. The lowest BCUT2D eigenvalue weighted by Gasteiger charge is -2.26. The van der Waals surface area contributed by atoms with Crippen LogP contribution < -0.4 is 11.1 Å². The van der Waals surface area contributed by atoms with Crippen LogP contribution in [-0.2, 0) is 9.53 Å². The van der Waals surface area contributed by atoms with Gasteiger partial charge in [0.25, 0.3) is 0 Å². The van der Waals surface area contributed by atoms with Crippen LogP contribution in [0.25, 0.3) is 0 Å². The fourth-order valence-electron chi connectivity index (χ4n) is 1.83.